The third-order valence-electron chi connectivity index (χ3n) is 3.91. The maximum atomic E-state index is 12.3. The maximum Gasteiger partial charge on any atom is 0.290 e. The minimum absolute atomic E-state index is 0.156. The Morgan fingerprint density at radius 1 is 1.04 bits per heavy atom. The summed E-state index contributed by atoms with van der Waals surface area (Å²) in [4.78, 5) is 12.3. The molecule has 0 unspecified atom stereocenters. The van der Waals surface area contributed by atoms with Gasteiger partial charge in [-0.2, -0.15) is 9.83 Å². The van der Waals surface area contributed by atoms with Gasteiger partial charge in [0, 0.05) is 17.2 Å². The summed E-state index contributed by atoms with van der Waals surface area (Å²) in [6.45, 7) is 0.156. The zero-order chi connectivity index (χ0) is 18.4. The summed E-state index contributed by atoms with van der Waals surface area (Å²) in [6, 6.07) is 21.0. The third-order valence-corrected chi connectivity index (χ3v) is 4.15. The van der Waals surface area contributed by atoms with Gasteiger partial charge in [0.25, 0.3) is 5.91 Å². The number of nitrogens with one attached hydrogen (secondary N) is 1. The van der Waals surface area contributed by atoms with Crippen LogP contribution in [0.15, 0.2) is 73.1 Å². The zero-order valence-electron chi connectivity index (χ0n) is 14.0. The standard InChI is InChI=1S/C21H16ClN3O/c22-19-7-6-18(14-23)20(13-19)24-21(26)15-25-10-8-17(9-11-25)12-16-4-2-1-3-5-16/h1-11,13H,12,15H2/p+1. The first-order valence-corrected chi connectivity index (χ1v) is 8.53. The van der Waals surface area contributed by atoms with Gasteiger partial charge in [0.2, 0.25) is 6.54 Å². The summed E-state index contributed by atoms with van der Waals surface area (Å²) < 4.78 is 1.79. The van der Waals surface area contributed by atoms with E-state index in [1.54, 1.807) is 22.8 Å². The zero-order valence-corrected chi connectivity index (χ0v) is 14.8. The van der Waals surface area contributed by atoms with Crippen molar-refractivity contribution < 1.29 is 9.36 Å². The molecule has 0 atom stereocenters. The van der Waals surface area contributed by atoms with Crippen LogP contribution in [0.1, 0.15) is 16.7 Å². The highest BCUT2D eigenvalue weighted by Crippen LogP contribution is 2.20. The lowest BCUT2D eigenvalue weighted by Crippen LogP contribution is -2.39. The molecule has 3 rings (SSSR count). The molecule has 0 spiro atoms. The predicted molar refractivity (Wildman–Crippen MR) is 101 cm³/mol. The van der Waals surface area contributed by atoms with E-state index in [4.69, 9.17) is 16.9 Å². The highest BCUT2D eigenvalue weighted by atomic mass is 35.5. The fraction of sp³-hybridized carbons (Fsp3) is 0.0952. The maximum absolute atomic E-state index is 12.3. The summed E-state index contributed by atoms with van der Waals surface area (Å²) in [5, 5.41) is 12.3. The molecule has 0 aliphatic rings. The molecule has 3 aromatic rings. The first-order valence-electron chi connectivity index (χ1n) is 8.15. The van der Waals surface area contributed by atoms with Gasteiger partial charge in [0.1, 0.15) is 6.07 Å². The topological polar surface area (TPSA) is 56.8 Å². The number of aromatic nitrogens is 1. The van der Waals surface area contributed by atoms with Crippen molar-refractivity contribution in [1.29, 1.82) is 5.26 Å². The van der Waals surface area contributed by atoms with Crippen LogP contribution < -0.4 is 9.88 Å². The molecule has 1 heterocycles. The molecule has 26 heavy (non-hydrogen) atoms. The van der Waals surface area contributed by atoms with Gasteiger partial charge in [-0.3, -0.25) is 4.79 Å². The summed E-state index contributed by atoms with van der Waals surface area (Å²) in [7, 11) is 0. The van der Waals surface area contributed by atoms with E-state index >= 15 is 0 Å². The molecule has 0 aliphatic heterocycles. The number of pyridine rings is 1. The monoisotopic (exact) mass is 362 g/mol. The Labute approximate surface area is 157 Å². The lowest BCUT2D eigenvalue weighted by Gasteiger charge is -2.06. The van der Waals surface area contributed by atoms with Gasteiger partial charge in [-0.25, -0.2) is 0 Å². The van der Waals surface area contributed by atoms with Crippen molar-refractivity contribution in [2.24, 2.45) is 0 Å². The quantitative estimate of drug-likeness (QED) is 0.703. The van der Waals surface area contributed by atoms with E-state index in [0.717, 1.165) is 6.42 Å². The lowest BCUT2D eigenvalue weighted by atomic mass is 10.1. The van der Waals surface area contributed by atoms with Crippen LogP contribution in [0.3, 0.4) is 0 Å². The first kappa shape index (κ1) is 17.7. The van der Waals surface area contributed by atoms with Crippen molar-refractivity contribution in [3.63, 3.8) is 0 Å². The van der Waals surface area contributed by atoms with E-state index < -0.39 is 0 Å². The van der Waals surface area contributed by atoms with Gasteiger partial charge in [-0.1, -0.05) is 41.9 Å². The Balaban J connectivity index is 1.63. The highest BCUT2D eigenvalue weighted by molar-refractivity contribution is 6.31. The first-order chi connectivity index (χ1) is 12.6. The van der Waals surface area contributed by atoms with E-state index in [1.165, 1.54) is 11.1 Å². The number of nitrogens with zero attached hydrogens (tertiary/aromatic N) is 2. The minimum atomic E-state index is -0.218. The molecule has 0 saturated heterocycles. The highest BCUT2D eigenvalue weighted by Gasteiger charge is 2.12. The van der Waals surface area contributed by atoms with Crippen LogP contribution in [-0.2, 0) is 17.8 Å². The number of hydrogen-bond acceptors (Lipinski definition) is 2. The van der Waals surface area contributed by atoms with Crippen molar-refractivity contribution in [2.45, 2.75) is 13.0 Å². The lowest BCUT2D eigenvalue weighted by molar-refractivity contribution is -0.684. The third kappa shape index (κ3) is 4.69. The summed E-state index contributed by atoms with van der Waals surface area (Å²) in [6.07, 6.45) is 4.60. The molecule has 4 nitrogen and oxygen atoms in total. The molecule has 0 saturated carbocycles. The molecule has 0 bridgehead atoms. The van der Waals surface area contributed by atoms with Crippen molar-refractivity contribution >= 4 is 23.2 Å². The molecule has 1 N–H and O–H groups in total. The van der Waals surface area contributed by atoms with Crippen molar-refractivity contribution in [3.05, 3.63) is 94.8 Å². The number of nitriles is 1. The molecule has 2 aromatic carbocycles. The average Bonchev–Trinajstić information content (AvgIpc) is 2.64. The fourth-order valence-corrected chi connectivity index (χ4v) is 2.79. The molecular weight excluding hydrogens is 346 g/mol. The van der Waals surface area contributed by atoms with E-state index in [-0.39, 0.29) is 12.5 Å². The molecular formula is C21H17ClN3O+. The average molecular weight is 363 g/mol. The normalized spacial score (nSPS) is 10.2. The molecule has 1 aromatic heterocycles. The van der Waals surface area contributed by atoms with Crippen LogP contribution >= 0.6 is 11.6 Å². The van der Waals surface area contributed by atoms with Crippen LogP contribution in [0.2, 0.25) is 5.02 Å². The number of benzene rings is 2. The van der Waals surface area contributed by atoms with Crippen LogP contribution in [0, 0.1) is 11.3 Å². The molecule has 1 amide bonds. The SMILES string of the molecule is N#Cc1ccc(Cl)cc1NC(=O)C[n+]1ccc(Cc2ccccc2)cc1. The minimum Gasteiger partial charge on any atom is -0.319 e. The number of amides is 1. The van der Waals surface area contributed by atoms with Gasteiger partial charge < -0.3 is 5.32 Å². The van der Waals surface area contributed by atoms with E-state index in [2.05, 4.69) is 17.4 Å². The van der Waals surface area contributed by atoms with Gasteiger partial charge in [0.15, 0.2) is 12.4 Å². The van der Waals surface area contributed by atoms with E-state index in [0.29, 0.717) is 16.3 Å². The second-order valence-corrected chi connectivity index (χ2v) is 6.33. The summed E-state index contributed by atoms with van der Waals surface area (Å²) in [5.74, 6) is -0.218. The number of rotatable bonds is 5. The van der Waals surface area contributed by atoms with Gasteiger partial charge in [0.05, 0.1) is 11.3 Å². The van der Waals surface area contributed by atoms with E-state index in [9.17, 15) is 4.79 Å². The second-order valence-electron chi connectivity index (χ2n) is 5.89. The number of halogens is 1. The number of carbonyl (C=O) groups excluding carboxylic acids is 1. The Hall–Kier alpha value is -3.16. The van der Waals surface area contributed by atoms with Gasteiger partial charge >= 0.3 is 0 Å². The van der Waals surface area contributed by atoms with Gasteiger partial charge in [-0.15, -0.1) is 0 Å². The van der Waals surface area contributed by atoms with Crippen molar-refractivity contribution in [3.8, 4) is 6.07 Å². The molecule has 0 fully saturated rings. The summed E-state index contributed by atoms with van der Waals surface area (Å²) >= 11 is 5.94. The van der Waals surface area contributed by atoms with Gasteiger partial charge in [-0.05, 0) is 35.7 Å². The largest absolute Gasteiger partial charge is 0.319 e. The van der Waals surface area contributed by atoms with Crippen LogP contribution in [0.25, 0.3) is 0 Å². The Kier molecular flexibility index (Phi) is 5.62. The molecule has 5 heteroatoms. The molecule has 0 aliphatic carbocycles. The van der Waals surface area contributed by atoms with Crippen LogP contribution in [0.5, 0.6) is 0 Å². The predicted octanol–water partition coefficient (Wildman–Crippen LogP) is 3.73. The molecule has 128 valence electrons. The van der Waals surface area contributed by atoms with Crippen molar-refractivity contribution in [2.75, 3.05) is 5.32 Å². The Bertz CT molecular complexity index is 947. The second kappa shape index (κ2) is 8.28. The number of anilines is 1. The van der Waals surface area contributed by atoms with Crippen LogP contribution in [-0.4, -0.2) is 5.91 Å². The molecule has 0 radical (unpaired) electrons. The van der Waals surface area contributed by atoms with Crippen LogP contribution in [0.4, 0.5) is 5.69 Å². The Morgan fingerprint density at radius 2 is 1.73 bits per heavy atom. The van der Waals surface area contributed by atoms with Crippen molar-refractivity contribution in [1.82, 2.24) is 0 Å². The summed E-state index contributed by atoms with van der Waals surface area (Å²) in [5.41, 5.74) is 3.22. The Morgan fingerprint density at radius 3 is 2.42 bits per heavy atom. The number of hydrogen-bond donors (Lipinski definition) is 1. The van der Waals surface area contributed by atoms with E-state index in [1.807, 2.05) is 48.8 Å². The smallest absolute Gasteiger partial charge is 0.290 e. The number of carbonyl (C=O) groups is 1. The fourth-order valence-electron chi connectivity index (χ4n) is 2.62.